The third kappa shape index (κ3) is 8.72. The van der Waals surface area contributed by atoms with E-state index in [1.165, 1.54) is 38.3 Å². The fraction of sp³-hybridized carbons (Fsp3) is 0.276. The van der Waals surface area contributed by atoms with E-state index < -0.39 is 37.2 Å². The molecule has 0 saturated heterocycles. The number of amides is 2. The summed E-state index contributed by atoms with van der Waals surface area (Å²) in [7, 11) is 2.22. The average Bonchev–Trinajstić information content (AvgIpc) is 2.98. The Bertz CT molecular complexity index is 1320. The molecule has 2 amide bonds. The van der Waals surface area contributed by atoms with Gasteiger partial charge in [-0.2, -0.15) is 0 Å². The Balaban J connectivity index is 1.84. The maximum atomic E-state index is 13.8. The van der Waals surface area contributed by atoms with Gasteiger partial charge in [-0.1, -0.05) is 54.6 Å². The third-order valence-corrected chi connectivity index (χ3v) is 6.51. The summed E-state index contributed by atoms with van der Waals surface area (Å²) >= 11 is 0. The van der Waals surface area contributed by atoms with E-state index in [9.17, 15) is 24.4 Å². The first-order valence-electron chi connectivity index (χ1n) is 12.8. The zero-order valence-corrected chi connectivity index (χ0v) is 23.2. The number of esters is 1. The number of nitrogen functional groups attached to an aromatic ring is 1. The van der Waals surface area contributed by atoms with Crippen LogP contribution in [0.1, 0.15) is 16.7 Å². The van der Waals surface area contributed by atoms with Gasteiger partial charge in [0.05, 0.1) is 14.2 Å². The molecule has 0 unspecified atom stereocenters. The zero-order chi connectivity index (χ0) is 29.9. The number of anilines is 1. The van der Waals surface area contributed by atoms with Crippen LogP contribution < -0.4 is 21.3 Å². The number of hydrogen-bond acceptors (Lipinski definition) is 9. The van der Waals surface area contributed by atoms with Crippen LogP contribution in [0, 0.1) is 0 Å². The van der Waals surface area contributed by atoms with Gasteiger partial charge in [-0.25, -0.2) is 9.59 Å². The normalized spacial score (nSPS) is 12.0. The summed E-state index contributed by atoms with van der Waals surface area (Å²) in [5, 5.41) is 22.1. The number of alkyl carbamates (subject to hydrolysis) is 1. The second kappa shape index (κ2) is 14.7. The number of benzene rings is 3. The summed E-state index contributed by atoms with van der Waals surface area (Å²) in [6.45, 7) is 0.00654. The molecule has 0 aliphatic carbocycles. The van der Waals surface area contributed by atoms with Crippen molar-refractivity contribution in [2.45, 2.75) is 31.5 Å². The molecule has 0 aliphatic rings. The van der Waals surface area contributed by atoms with Gasteiger partial charge < -0.3 is 40.2 Å². The molecule has 0 aromatic heterocycles. The van der Waals surface area contributed by atoms with Crippen LogP contribution in [0.5, 0.6) is 5.75 Å². The van der Waals surface area contributed by atoms with Gasteiger partial charge in [-0.05, 0) is 34.9 Å². The van der Waals surface area contributed by atoms with Crippen molar-refractivity contribution in [1.29, 1.82) is 0 Å². The molecule has 0 fully saturated rings. The second-order valence-electron chi connectivity index (χ2n) is 9.35. The van der Waals surface area contributed by atoms with Crippen molar-refractivity contribution in [2.24, 2.45) is 0 Å². The molecular formula is C29H34BN3O8. The molecule has 3 rings (SSSR count). The number of nitrogens with zero attached hydrogens (tertiary/aromatic N) is 1. The lowest BCUT2D eigenvalue weighted by Gasteiger charge is -2.30. The van der Waals surface area contributed by atoms with Crippen molar-refractivity contribution in [1.82, 2.24) is 10.2 Å². The Morgan fingerprint density at radius 2 is 1.59 bits per heavy atom. The number of ether oxygens (including phenoxy) is 3. The van der Waals surface area contributed by atoms with Crippen LogP contribution in [0.3, 0.4) is 0 Å². The largest absolute Gasteiger partial charge is 0.497 e. The molecule has 0 heterocycles. The summed E-state index contributed by atoms with van der Waals surface area (Å²) in [6.07, 6.45) is -0.713. The van der Waals surface area contributed by atoms with Gasteiger partial charge in [0.15, 0.2) is 0 Å². The summed E-state index contributed by atoms with van der Waals surface area (Å²) in [6, 6.07) is 18.4. The summed E-state index contributed by atoms with van der Waals surface area (Å²) in [5.74, 6) is -1.00. The Hall–Kier alpha value is -4.55. The number of likely N-dealkylation sites (N-methyl/N-ethyl adjacent to an activating group) is 1. The number of hydrogen-bond donors (Lipinski definition) is 4. The van der Waals surface area contributed by atoms with Crippen molar-refractivity contribution < 1.29 is 38.6 Å². The van der Waals surface area contributed by atoms with E-state index in [0.717, 1.165) is 11.1 Å². The molecule has 0 saturated carbocycles. The number of methoxy groups -OCH3 is 2. The summed E-state index contributed by atoms with van der Waals surface area (Å²) < 4.78 is 15.5. The van der Waals surface area contributed by atoms with E-state index in [2.05, 4.69) is 5.32 Å². The van der Waals surface area contributed by atoms with Gasteiger partial charge in [0.1, 0.15) is 24.4 Å². The third-order valence-electron chi connectivity index (χ3n) is 6.51. The molecule has 216 valence electrons. The van der Waals surface area contributed by atoms with Crippen molar-refractivity contribution in [3.05, 3.63) is 89.5 Å². The van der Waals surface area contributed by atoms with Crippen LogP contribution in [0.4, 0.5) is 10.5 Å². The minimum absolute atomic E-state index is 0.00654. The van der Waals surface area contributed by atoms with Crippen LogP contribution in [-0.4, -0.2) is 73.4 Å². The Morgan fingerprint density at radius 1 is 0.927 bits per heavy atom. The maximum Gasteiger partial charge on any atom is 0.492 e. The maximum absolute atomic E-state index is 13.8. The van der Waals surface area contributed by atoms with E-state index in [1.54, 1.807) is 42.5 Å². The molecular weight excluding hydrogens is 529 g/mol. The number of nitrogens with two attached hydrogens (primary N) is 1. The van der Waals surface area contributed by atoms with Gasteiger partial charge in [0.25, 0.3) is 0 Å². The Kier molecular flexibility index (Phi) is 11.1. The highest BCUT2D eigenvalue weighted by molar-refractivity contribution is 6.59. The molecule has 0 bridgehead atoms. The lowest BCUT2D eigenvalue weighted by Crippen LogP contribution is -2.54. The van der Waals surface area contributed by atoms with Crippen LogP contribution in [0.15, 0.2) is 72.8 Å². The molecule has 3 aromatic rings. The van der Waals surface area contributed by atoms with Gasteiger partial charge in [-0.3, -0.25) is 4.79 Å². The van der Waals surface area contributed by atoms with Crippen LogP contribution in [-0.2, 0) is 38.5 Å². The molecule has 3 aromatic carbocycles. The second-order valence-corrected chi connectivity index (χ2v) is 9.35. The predicted molar refractivity (Wildman–Crippen MR) is 153 cm³/mol. The molecule has 2 atom stereocenters. The molecule has 11 nitrogen and oxygen atoms in total. The Morgan fingerprint density at radius 3 is 2.20 bits per heavy atom. The average molecular weight is 563 g/mol. The Labute approximate surface area is 239 Å². The van der Waals surface area contributed by atoms with Crippen LogP contribution >= 0.6 is 0 Å². The van der Waals surface area contributed by atoms with Gasteiger partial charge >= 0.3 is 19.2 Å². The molecule has 0 aliphatic heterocycles. The molecule has 0 spiro atoms. The van der Waals surface area contributed by atoms with E-state index in [1.807, 2.05) is 18.2 Å². The monoisotopic (exact) mass is 563 g/mol. The number of carbonyl (C=O) groups excluding carboxylic acids is 3. The highest BCUT2D eigenvalue weighted by Crippen LogP contribution is 2.17. The lowest BCUT2D eigenvalue weighted by atomic mass is 9.78. The van der Waals surface area contributed by atoms with Crippen molar-refractivity contribution >= 4 is 36.2 Å². The fourth-order valence-electron chi connectivity index (χ4n) is 4.25. The van der Waals surface area contributed by atoms with Crippen molar-refractivity contribution in [3.63, 3.8) is 0 Å². The zero-order valence-electron chi connectivity index (χ0n) is 23.2. The van der Waals surface area contributed by atoms with Crippen LogP contribution in [0.2, 0.25) is 0 Å². The first kappa shape index (κ1) is 31.0. The van der Waals surface area contributed by atoms with Gasteiger partial charge in [0, 0.05) is 31.0 Å². The quantitative estimate of drug-likeness (QED) is 0.143. The SMILES string of the molecule is COC(=O)[C@H](Cc1ccc(OC)c(B(O)O)c1)N(C)C(=O)[C@H](Cc1ccc(N)cc1)NC(=O)OCc1ccccc1. The van der Waals surface area contributed by atoms with E-state index >= 15 is 0 Å². The van der Waals surface area contributed by atoms with Crippen LogP contribution in [0.25, 0.3) is 0 Å². The highest BCUT2D eigenvalue weighted by atomic mass is 16.5. The number of nitrogens with one attached hydrogen (secondary N) is 1. The lowest BCUT2D eigenvalue weighted by molar-refractivity contribution is -0.152. The molecule has 12 heteroatoms. The molecule has 5 N–H and O–H groups in total. The molecule has 41 heavy (non-hydrogen) atoms. The minimum atomic E-state index is -1.81. The van der Waals surface area contributed by atoms with Crippen molar-refractivity contribution in [2.75, 3.05) is 27.0 Å². The van der Waals surface area contributed by atoms with E-state index in [4.69, 9.17) is 19.9 Å². The number of rotatable bonds is 12. The summed E-state index contributed by atoms with van der Waals surface area (Å²) in [4.78, 5) is 40.5. The van der Waals surface area contributed by atoms with E-state index in [0.29, 0.717) is 11.3 Å². The van der Waals surface area contributed by atoms with E-state index in [-0.39, 0.29) is 30.7 Å². The fourth-order valence-corrected chi connectivity index (χ4v) is 4.25. The van der Waals surface area contributed by atoms with Gasteiger partial charge in [0.2, 0.25) is 5.91 Å². The first-order valence-corrected chi connectivity index (χ1v) is 12.8. The smallest absolute Gasteiger partial charge is 0.492 e. The highest BCUT2D eigenvalue weighted by Gasteiger charge is 2.34. The topological polar surface area (TPSA) is 161 Å². The first-order chi connectivity index (χ1) is 19.6. The summed E-state index contributed by atoms with van der Waals surface area (Å²) in [5.41, 5.74) is 8.46. The van der Waals surface area contributed by atoms with Crippen molar-refractivity contribution in [3.8, 4) is 5.75 Å². The minimum Gasteiger partial charge on any atom is -0.497 e. The van der Waals surface area contributed by atoms with Gasteiger partial charge in [-0.15, -0.1) is 0 Å². The standard InChI is InChI=1S/C29H34BN3O8/c1-33(25(28(35)40-3)17-21-11-14-26(39-2)23(15-21)30(37)38)27(34)24(16-19-9-12-22(31)13-10-19)32-29(36)41-18-20-7-5-4-6-8-20/h4-15,24-25,37-38H,16-18,31H2,1-3H3,(H,32,36)/t24-,25-/m0/s1. The predicted octanol–water partition coefficient (Wildman–Crippen LogP) is 1.04. The number of carbonyl (C=O) groups is 3. The molecule has 0 radical (unpaired) electrons.